The van der Waals surface area contributed by atoms with Crippen LogP contribution in [0, 0.1) is 83.1 Å². The minimum atomic E-state index is -0.378. The molecular formula is C88H95BBrCl6N9O11. The molecule has 0 aliphatic carbocycles. The zero-order chi connectivity index (χ0) is 82.3. The van der Waals surface area contributed by atoms with Crippen LogP contribution in [0.3, 0.4) is 0 Å². The molecule has 20 nitrogen and oxygen atoms in total. The molecule has 1 saturated heterocycles. The number of hydrogen-bond donors (Lipinski definition) is 1. The normalized spacial score (nSPS) is 14.4. The summed E-state index contributed by atoms with van der Waals surface area (Å²) in [5, 5.41) is 14.6. The van der Waals surface area contributed by atoms with E-state index in [4.69, 9.17) is 102 Å². The van der Waals surface area contributed by atoms with E-state index in [0.29, 0.717) is 168 Å². The Morgan fingerprint density at radius 1 is 0.466 bits per heavy atom. The van der Waals surface area contributed by atoms with Gasteiger partial charge in [-0.25, -0.2) is 9.97 Å². The molecular weight excluding hydrogens is 1660 g/mol. The van der Waals surface area contributed by atoms with Crippen molar-refractivity contribution in [3.8, 4) is 34.0 Å². The molecule has 4 aliphatic rings. The van der Waals surface area contributed by atoms with E-state index in [-0.39, 0.29) is 63.0 Å². The summed E-state index contributed by atoms with van der Waals surface area (Å²) in [7, 11) is -0.378. The Labute approximate surface area is 716 Å². The van der Waals surface area contributed by atoms with Gasteiger partial charge in [-0.1, -0.05) is 161 Å². The number of fused-ring (bicyclic) bond motifs is 3. The van der Waals surface area contributed by atoms with Crippen LogP contribution in [0.4, 0.5) is 0 Å². The molecule has 10 heterocycles. The topological polar surface area (TPSA) is 235 Å². The van der Waals surface area contributed by atoms with Crippen LogP contribution in [-0.2, 0) is 61.4 Å². The lowest BCUT2D eigenvalue weighted by Gasteiger charge is -2.32. The summed E-state index contributed by atoms with van der Waals surface area (Å²) in [5.74, 6) is 2.53. The summed E-state index contributed by atoms with van der Waals surface area (Å²) in [6.45, 7) is 34.1. The van der Waals surface area contributed by atoms with Crippen molar-refractivity contribution in [1.29, 1.82) is 0 Å². The molecule has 0 atom stereocenters. The van der Waals surface area contributed by atoms with Gasteiger partial charge in [-0.3, -0.25) is 19.2 Å². The fraction of sp³-hybridized carbons (Fsp3) is 0.352. The molecule has 28 heteroatoms. The van der Waals surface area contributed by atoms with Crippen LogP contribution in [0.15, 0.2) is 120 Å². The highest BCUT2D eigenvalue weighted by Gasteiger charge is 2.53. The summed E-state index contributed by atoms with van der Waals surface area (Å²) in [6, 6.07) is 31.1. The highest BCUT2D eigenvalue weighted by atomic mass is 79.9. The molecule has 610 valence electrons. The van der Waals surface area contributed by atoms with Crippen LogP contribution in [0.2, 0.25) is 30.1 Å². The molecule has 3 amide bonds. The summed E-state index contributed by atoms with van der Waals surface area (Å²) in [4.78, 5) is 70.3. The summed E-state index contributed by atoms with van der Waals surface area (Å²) < 4.78 is 40.5. The molecule has 0 spiro atoms. The minimum absolute atomic E-state index is 0. The third-order valence-electron chi connectivity index (χ3n) is 21.3. The predicted molar refractivity (Wildman–Crippen MR) is 463 cm³/mol. The molecule has 1 N–H and O–H groups in total. The number of rotatable bonds is 15. The lowest BCUT2D eigenvalue weighted by atomic mass is 9.77. The van der Waals surface area contributed by atoms with Crippen molar-refractivity contribution < 1.29 is 46.7 Å². The number of aromatic amines is 1. The van der Waals surface area contributed by atoms with Gasteiger partial charge in [0.05, 0.1) is 79.7 Å². The second-order valence-electron chi connectivity index (χ2n) is 30.0. The standard InChI is InChI=1S/C29H27Cl2N3O3.C24H21BrCl2N2O2.C22H21Cl2N3O3.C11H18BNO3.2CH4/c1-16-12-17(2)32-28(36-15-20-8-6-5-7-9-20)23(16)14-34-11-10-21-24(30)13-22(27(31)26(21)29(34)35)25-18(3)33-37-19(25)4;1-14-10-15(2)28-23(31-13-16-6-4-3-5-7-16)18(14)12-29-9-8-17-20(26)11-19(25)22(27)21(17)24(29)30;1-10-7-11(2)25-21(28)16(10)9-27-6-5-14-17(23)8-15(20(24)19(14)22(27)29)18-12(3)26-30-13(18)4;1-7-9(8(2)14-13-7)12-15-10(3,4)11(5,6)16-12;;/h5-9,12-13H,10-11,14-15H2,1-4H3;3-7,10-11H,8-9,12-13H2,1-2H3;7-8H,5-6,9H2,1-4H3,(H,25,28);1-6H3;2*1H4. The Bertz CT molecular complexity index is 5540. The molecule has 0 unspecified atom stereocenters. The van der Waals surface area contributed by atoms with Crippen molar-refractivity contribution in [2.75, 3.05) is 19.6 Å². The van der Waals surface area contributed by atoms with E-state index >= 15 is 0 Å². The maximum absolute atomic E-state index is 13.8. The van der Waals surface area contributed by atoms with Crippen LogP contribution < -0.4 is 20.5 Å². The van der Waals surface area contributed by atoms with E-state index in [2.05, 4.69) is 46.4 Å². The van der Waals surface area contributed by atoms with Crippen LogP contribution in [0.5, 0.6) is 11.8 Å². The Balaban J connectivity index is 0.000000167. The molecule has 15 rings (SSSR count). The summed E-state index contributed by atoms with van der Waals surface area (Å²) in [5.41, 5.74) is 18.5. The minimum Gasteiger partial charge on any atom is -0.473 e. The largest absolute Gasteiger partial charge is 0.500 e. The average Bonchev–Trinajstić information content (AvgIpc) is 1.20. The van der Waals surface area contributed by atoms with Gasteiger partial charge in [-0.2, -0.15) is 0 Å². The van der Waals surface area contributed by atoms with Crippen molar-refractivity contribution in [2.45, 2.75) is 189 Å². The SMILES string of the molecule is C.C.Cc1cc(C)c(CN2CCc3c(Cl)cc(-c4c(C)noc4C)c(Cl)c3C2=O)c(=O)[nH]1.Cc1cc(C)c(CN2CCc3c(Cl)cc(-c4c(C)noc4C)c(Cl)c3C2=O)c(OCc2ccccc2)n1.Cc1cc(C)c(CN2CCc3c(Cl)cc(Br)c(Cl)c3C2=O)c(OCc2ccccc2)n1.Cc1noc(C)c1B1OC(C)(C)C(C)(C)O1. The van der Waals surface area contributed by atoms with E-state index in [1.54, 1.807) is 33.8 Å². The number of H-pyrrole nitrogens is 1. The maximum atomic E-state index is 13.8. The molecule has 5 aromatic carbocycles. The van der Waals surface area contributed by atoms with Crippen molar-refractivity contribution >= 4 is 116 Å². The number of amides is 3. The third-order valence-corrected chi connectivity index (χ3v) is 24.4. The summed E-state index contributed by atoms with van der Waals surface area (Å²) in [6.07, 6.45) is 1.80. The third kappa shape index (κ3) is 18.8. The van der Waals surface area contributed by atoms with Crippen LogP contribution in [0.1, 0.15) is 186 Å². The van der Waals surface area contributed by atoms with E-state index in [1.165, 1.54) is 0 Å². The quantitative estimate of drug-likeness (QED) is 0.0742. The van der Waals surface area contributed by atoms with Gasteiger partial charge in [-0.05, 0) is 227 Å². The van der Waals surface area contributed by atoms with Gasteiger partial charge in [0.25, 0.3) is 23.3 Å². The molecule has 116 heavy (non-hydrogen) atoms. The first kappa shape index (κ1) is 89.5. The number of ether oxygens (including phenoxy) is 2. The zero-order valence-electron chi connectivity index (χ0n) is 66.3. The number of carbonyl (C=O) groups is 3. The van der Waals surface area contributed by atoms with E-state index in [0.717, 1.165) is 101 Å². The Morgan fingerprint density at radius 2 is 0.828 bits per heavy atom. The maximum Gasteiger partial charge on any atom is 0.500 e. The van der Waals surface area contributed by atoms with Crippen molar-refractivity contribution in [2.24, 2.45) is 0 Å². The highest BCUT2D eigenvalue weighted by molar-refractivity contribution is 9.10. The average molecular weight is 1760 g/mol. The van der Waals surface area contributed by atoms with E-state index < -0.39 is 0 Å². The first-order valence-corrected chi connectivity index (χ1v) is 40.3. The fourth-order valence-electron chi connectivity index (χ4n) is 14.6. The van der Waals surface area contributed by atoms with Crippen molar-refractivity contribution in [3.05, 3.63) is 271 Å². The van der Waals surface area contributed by atoms with Crippen LogP contribution >= 0.6 is 85.5 Å². The lowest BCUT2D eigenvalue weighted by Crippen LogP contribution is -2.41. The van der Waals surface area contributed by atoms with Gasteiger partial charge in [0.15, 0.2) is 0 Å². The van der Waals surface area contributed by atoms with Gasteiger partial charge < -0.3 is 52.0 Å². The Kier molecular flexibility index (Phi) is 28.6. The second-order valence-corrected chi connectivity index (χ2v) is 33.2. The van der Waals surface area contributed by atoms with Crippen LogP contribution in [0.25, 0.3) is 22.3 Å². The number of hydrogen-bond acceptors (Lipinski definition) is 16. The smallest absolute Gasteiger partial charge is 0.473 e. The number of pyridine rings is 3. The number of carbonyl (C=O) groups excluding carboxylic acids is 3. The van der Waals surface area contributed by atoms with Gasteiger partial charge in [0, 0.05) is 101 Å². The number of nitrogens with one attached hydrogen (secondary N) is 1. The van der Waals surface area contributed by atoms with Gasteiger partial charge >= 0.3 is 7.12 Å². The fourth-order valence-corrected chi connectivity index (χ4v) is 17.0. The van der Waals surface area contributed by atoms with Crippen molar-refractivity contribution in [3.63, 3.8) is 0 Å². The van der Waals surface area contributed by atoms with Gasteiger partial charge in [0.1, 0.15) is 30.5 Å². The molecule has 0 radical (unpaired) electrons. The number of nitrogens with zero attached hydrogens (tertiary/aromatic N) is 8. The number of halogens is 7. The number of aromatic nitrogens is 6. The highest BCUT2D eigenvalue weighted by Crippen LogP contribution is 2.46. The number of aryl methyl sites for hydroxylation is 12. The van der Waals surface area contributed by atoms with Crippen LogP contribution in [-0.4, -0.2) is 101 Å². The second kappa shape index (κ2) is 37.0. The predicted octanol–water partition coefficient (Wildman–Crippen LogP) is 21.2. The number of benzene rings is 5. The Morgan fingerprint density at radius 3 is 1.20 bits per heavy atom. The van der Waals surface area contributed by atoms with Crippen molar-refractivity contribution in [1.82, 2.24) is 45.1 Å². The first-order valence-electron chi connectivity index (χ1n) is 37.2. The first-order chi connectivity index (χ1) is 54.0. The molecule has 1 fully saturated rings. The van der Waals surface area contributed by atoms with E-state index in [9.17, 15) is 19.2 Å². The lowest BCUT2D eigenvalue weighted by molar-refractivity contribution is 0.00578. The summed E-state index contributed by atoms with van der Waals surface area (Å²) >= 11 is 43.1. The molecule has 6 aromatic heterocycles. The van der Waals surface area contributed by atoms with E-state index in [1.807, 2.05) is 189 Å². The molecule has 4 aliphatic heterocycles. The van der Waals surface area contributed by atoms with Gasteiger partial charge in [-0.15, -0.1) is 0 Å². The zero-order valence-corrected chi connectivity index (χ0v) is 72.4. The molecule has 0 bridgehead atoms. The monoisotopic (exact) mass is 1750 g/mol. The Hall–Kier alpha value is -8.81. The van der Waals surface area contributed by atoms with Gasteiger partial charge in [0.2, 0.25) is 11.8 Å². The molecule has 11 aromatic rings. The molecule has 0 saturated carbocycles.